The van der Waals surface area contributed by atoms with Crippen molar-refractivity contribution in [2.75, 3.05) is 6.54 Å². The third kappa shape index (κ3) is 5.27. The van der Waals surface area contributed by atoms with Crippen LogP contribution in [0, 0.1) is 5.41 Å². The van der Waals surface area contributed by atoms with Crippen molar-refractivity contribution in [2.24, 2.45) is 5.73 Å². The van der Waals surface area contributed by atoms with Gasteiger partial charge < -0.3 is 16.2 Å². The number of hydrogen-bond donors (Lipinski definition) is 4. The van der Waals surface area contributed by atoms with E-state index in [0.717, 1.165) is 5.56 Å². The van der Waals surface area contributed by atoms with E-state index in [2.05, 4.69) is 5.32 Å². The second kappa shape index (κ2) is 8.57. The summed E-state index contributed by atoms with van der Waals surface area (Å²) in [4.78, 5) is 34.8. The average Bonchev–Trinajstić information content (AvgIpc) is 2.64. The minimum absolute atomic E-state index is 0.0335. The molecule has 134 valence electrons. The van der Waals surface area contributed by atoms with Gasteiger partial charge >= 0.3 is 5.97 Å². The molecule has 0 aliphatic rings. The first kappa shape index (κ1) is 18.9. The zero-order chi connectivity index (χ0) is 19.1. The van der Waals surface area contributed by atoms with E-state index in [4.69, 9.17) is 16.2 Å². The Labute approximate surface area is 150 Å². The maximum atomic E-state index is 12.1. The van der Waals surface area contributed by atoms with Gasteiger partial charge in [-0.2, -0.15) is 0 Å². The van der Waals surface area contributed by atoms with Gasteiger partial charge in [0.15, 0.2) is 5.78 Å². The van der Waals surface area contributed by atoms with E-state index in [9.17, 15) is 14.4 Å². The lowest BCUT2D eigenvalue weighted by Crippen LogP contribution is -2.29. The van der Waals surface area contributed by atoms with E-state index < -0.39 is 11.9 Å². The fraction of sp³-hybridized carbons (Fsp3) is 0.158. The molecule has 0 saturated carbocycles. The number of ketones is 1. The highest BCUT2D eigenvalue weighted by atomic mass is 16.4. The molecule has 0 aromatic heterocycles. The Morgan fingerprint density at radius 1 is 0.923 bits per heavy atom. The van der Waals surface area contributed by atoms with Crippen molar-refractivity contribution in [1.29, 1.82) is 5.41 Å². The second-order valence-electron chi connectivity index (χ2n) is 5.69. The number of aryl methyl sites for hydroxylation is 1. The second-order valence-corrected chi connectivity index (χ2v) is 5.69. The summed E-state index contributed by atoms with van der Waals surface area (Å²) in [6, 6.07) is 12.9. The number of benzene rings is 2. The number of carboxylic acids is 1. The number of carbonyl (C=O) groups excluding carboxylic acids is 2. The molecule has 2 aromatic carbocycles. The van der Waals surface area contributed by atoms with Gasteiger partial charge in [-0.05, 0) is 24.1 Å². The fourth-order valence-electron chi connectivity index (χ4n) is 2.27. The molecule has 0 bridgehead atoms. The van der Waals surface area contributed by atoms with Crippen molar-refractivity contribution in [3.8, 4) is 0 Å². The van der Waals surface area contributed by atoms with Crippen LogP contribution in [-0.4, -0.2) is 35.1 Å². The molecule has 0 aliphatic carbocycles. The number of aliphatic carboxylic acids is 1. The smallest absolute Gasteiger partial charge is 0.303 e. The molecule has 5 N–H and O–H groups in total. The molecule has 7 nitrogen and oxygen atoms in total. The molecule has 0 heterocycles. The maximum absolute atomic E-state index is 12.1. The van der Waals surface area contributed by atoms with Crippen LogP contribution in [0.3, 0.4) is 0 Å². The van der Waals surface area contributed by atoms with Crippen LogP contribution in [0.1, 0.15) is 38.3 Å². The number of amidine groups is 1. The molecule has 0 radical (unpaired) electrons. The lowest BCUT2D eigenvalue weighted by molar-refractivity contribution is -0.136. The van der Waals surface area contributed by atoms with E-state index in [1.807, 2.05) is 0 Å². The van der Waals surface area contributed by atoms with Crippen LogP contribution in [0.25, 0.3) is 0 Å². The molecule has 0 spiro atoms. The summed E-state index contributed by atoms with van der Waals surface area (Å²) < 4.78 is 0. The third-order valence-electron chi connectivity index (χ3n) is 3.77. The molecule has 0 saturated heterocycles. The number of hydrogen-bond acceptors (Lipinski definition) is 4. The number of carboxylic acid groups (broad SMARTS) is 1. The van der Waals surface area contributed by atoms with Crippen molar-refractivity contribution in [1.82, 2.24) is 5.32 Å². The van der Waals surface area contributed by atoms with E-state index in [-0.39, 0.29) is 24.6 Å². The molecule has 0 fully saturated rings. The summed E-state index contributed by atoms with van der Waals surface area (Å²) in [5, 5.41) is 18.5. The van der Waals surface area contributed by atoms with E-state index in [0.29, 0.717) is 23.1 Å². The highest BCUT2D eigenvalue weighted by molar-refractivity contribution is 6.02. The zero-order valence-electron chi connectivity index (χ0n) is 14.0. The summed E-state index contributed by atoms with van der Waals surface area (Å²) in [6.45, 7) is -0.151. The van der Waals surface area contributed by atoms with Gasteiger partial charge in [0.25, 0.3) is 5.91 Å². The highest BCUT2D eigenvalue weighted by Gasteiger charge is 2.10. The topological polar surface area (TPSA) is 133 Å². The summed E-state index contributed by atoms with van der Waals surface area (Å²) >= 11 is 0. The summed E-state index contributed by atoms with van der Waals surface area (Å²) in [5.74, 6) is -1.60. The number of nitrogen functional groups attached to an aromatic ring is 1. The Morgan fingerprint density at radius 3 is 2.00 bits per heavy atom. The van der Waals surface area contributed by atoms with Crippen molar-refractivity contribution in [2.45, 2.75) is 12.8 Å². The van der Waals surface area contributed by atoms with E-state index >= 15 is 0 Å². The van der Waals surface area contributed by atoms with Crippen molar-refractivity contribution >= 4 is 23.5 Å². The first-order valence-electron chi connectivity index (χ1n) is 7.93. The zero-order valence-corrected chi connectivity index (χ0v) is 14.0. The van der Waals surface area contributed by atoms with Crippen LogP contribution in [-0.2, 0) is 11.2 Å². The Kier molecular flexibility index (Phi) is 6.21. The monoisotopic (exact) mass is 353 g/mol. The van der Waals surface area contributed by atoms with Gasteiger partial charge in [-0.15, -0.1) is 0 Å². The molecular weight excluding hydrogens is 334 g/mol. The lowest BCUT2D eigenvalue weighted by atomic mass is 10.0. The maximum Gasteiger partial charge on any atom is 0.303 e. The molecule has 0 aliphatic heterocycles. The van der Waals surface area contributed by atoms with Gasteiger partial charge in [-0.1, -0.05) is 36.4 Å². The summed E-state index contributed by atoms with van der Waals surface area (Å²) in [7, 11) is 0. The van der Waals surface area contributed by atoms with Gasteiger partial charge in [0.05, 0.1) is 6.54 Å². The summed E-state index contributed by atoms with van der Waals surface area (Å²) in [6.07, 6.45) is 0.433. The van der Waals surface area contributed by atoms with Crippen molar-refractivity contribution in [3.05, 3.63) is 70.8 Å². The van der Waals surface area contributed by atoms with Crippen molar-refractivity contribution < 1.29 is 19.5 Å². The molecule has 0 unspecified atom stereocenters. The van der Waals surface area contributed by atoms with Crippen LogP contribution in [0.15, 0.2) is 48.5 Å². The number of Topliss-reactive ketones (excluding diaryl/α,β-unsaturated/α-hetero) is 1. The normalized spacial score (nSPS) is 10.2. The molecule has 7 heteroatoms. The molecule has 2 rings (SSSR count). The van der Waals surface area contributed by atoms with Crippen LogP contribution < -0.4 is 11.1 Å². The number of carbonyl (C=O) groups is 3. The minimum Gasteiger partial charge on any atom is -0.481 e. The number of nitrogens with one attached hydrogen (secondary N) is 2. The van der Waals surface area contributed by atoms with Gasteiger partial charge in [0.1, 0.15) is 5.84 Å². The predicted molar refractivity (Wildman–Crippen MR) is 96.5 cm³/mol. The molecule has 2 aromatic rings. The summed E-state index contributed by atoms with van der Waals surface area (Å²) in [5.41, 5.74) is 7.51. The van der Waals surface area contributed by atoms with Crippen molar-refractivity contribution in [3.63, 3.8) is 0 Å². The third-order valence-corrected chi connectivity index (χ3v) is 3.77. The van der Waals surface area contributed by atoms with E-state index in [1.165, 1.54) is 12.1 Å². The number of amides is 1. The van der Waals surface area contributed by atoms with Crippen LogP contribution >= 0.6 is 0 Å². The molecule has 0 atom stereocenters. The number of rotatable bonds is 8. The Morgan fingerprint density at radius 2 is 1.46 bits per heavy atom. The predicted octanol–water partition coefficient (Wildman–Crippen LogP) is 1.60. The molecule has 1 amide bonds. The first-order valence-corrected chi connectivity index (χ1v) is 7.93. The number of nitrogens with two attached hydrogens (primary N) is 1. The van der Waals surface area contributed by atoms with Crippen LogP contribution in [0.2, 0.25) is 0 Å². The van der Waals surface area contributed by atoms with E-state index in [1.54, 1.807) is 36.4 Å². The lowest BCUT2D eigenvalue weighted by Gasteiger charge is -2.06. The highest BCUT2D eigenvalue weighted by Crippen LogP contribution is 2.08. The quantitative estimate of drug-likeness (QED) is 0.325. The molecular formula is C19H19N3O4. The van der Waals surface area contributed by atoms with Gasteiger partial charge in [-0.3, -0.25) is 19.8 Å². The fourth-order valence-corrected chi connectivity index (χ4v) is 2.27. The SMILES string of the molecule is N=C(N)c1ccc(C(=O)NCC(=O)c2ccc(CCC(=O)O)cc2)cc1. The van der Waals surface area contributed by atoms with Gasteiger partial charge in [0, 0.05) is 23.1 Å². The Bertz CT molecular complexity index is 827. The molecule has 26 heavy (non-hydrogen) atoms. The first-order chi connectivity index (χ1) is 12.4. The van der Waals surface area contributed by atoms with Crippen LogP contribution in [0.4, 0.5) is 0 Å². The standard InChI is InChI=1S/C19H19N3O4/c20-18(21)14-6-8-15(9-7-14)19(26)22-11-16(23)13-4-1-12(2-5-13)3-10-17(24)25/h1-2,4-9H,3,10-11H2,(H3,20,21)(H,22,26)(H,24,25). The van der Waals surface area contributed by atoms with Gasteiger partial charge in [0.2, 0.25) is 0 Å². The average molecular weight is 353 g/mol. The largest absolute Gasteiger partial charge is 0.481 e. The van der Waals surface area contributed by atoms with Crippen LogP contribution in [0.5, 0.6) is 0 Å². The van der Waals surface area contributed by atoms with Gasteiger partial charge in [-0.25, -0.2) is 0 Å². The Balaban J connectivity index is 1.90. The minimum atomic E-state index is -0.871. The Hall–Kier alpha value is -3.48.